The van der Waals surface area contributed by atoms with Crippen molar-refractivity contribution >= 4 is 34.5 Å². The largest absolute Gasteiger partial charge is 0.467 e. The van der Waals surface area contributed by atoms with Gasteiger partial charge in [0.25, 0.3) is 5.91 Å². The molecule has 2 aromatic carbocycles. The van der Waals surface area contributed by atoms with Gasteiger partial charge in [0, 0.05) is 15.6 Å². The number of amides is 1. The van der Waals surface area contributed by atoms with Crippen LogP contribution in [0.5, 0.6) is 0 Å². The van der Waals surface area contributed by atoms with Gasteiger partial charge in [-0.05, 0) is 58.5 Å². The van der Waals surface area contributed by atoms with Crippen LogP contribution in [-0.4, -0.2) is 25.0 Å². The molecule has 1 N–H and O–H groups in total. The Bertz CT molecular complexity index is 893. The molecule has 0 bridgehead atoms. The number of hydrogen-bond donors (Lipinski definition) is 1. The maximum Gasteiger partial charge on any atom is 0.416 e. The molecule has 0 saturated heterocycles. The SMILES string of the molecule is COC(=O)[C@@H](Cc1ccc(I)cc1)NC(=O)c1cc(C(F)(F)F)cc(C(F)(F)F)c1. The van der Waals surface area contributed by atoms with Crippen molar-refractivity contribution in [1.82, 2.24) is 5.32 Å². The molecule has 0 fully saturated rings. The Balaban J connectivity index is 2.36. The van der Waals surface area contributed by atoms with E-state index in [9.17, 15) is 35.9 Å². The van der Waals surface area contributed by atoms with Crippen LogP contribution in [0.4, 0.5) is 26.3 Å². The van der Waals surface area contributed by atoms with E-state index in [2.05, 4.69) is 32.6 Å². The summed E-state index contributed by atoms with van der Waals surface area (Å²) in [4.78, 5) is 24.4. The van der Waals surface area contributed by atoms with E-state index in [1.54, 1.807) is 24.3 Å². The van der Waals surface area contributed by atoms with Crippen molar-refractivity contribution in [3.8, 4) is 0 Å². The molecule has 0 heterocycles. The highest BCUT2D eigenvalue weighted by Crippen LogP contribution is 2.36. The number of benzene rings is 2. The third kappa shape index (κ3) is 6.34. The summed E-state index contributed by atoms with van der Waals surface area (Å²) < 4.78 is 83.4. The maximum atomic E-state index is 13.0. The molecule has 1 atom stereocenters. The fourth-order valence-electron chi connectivity index (χ4n) is 2.52. The highest BCUT2D eigenvalue weighted by Gasteiger charge is 2.37. The van der Waals surface area contributed by atoms with Crippen molar-refractivity contribution in [1.29, 1.82) is 0 Å². The quantitative estimate of drug-likeness (QED) is 0.333. The van der Waals surface area contributed by atoms with Crippen molar-refractivity contribution in [2.24, 2.45) is 0 Å². The molecule has 4 nitrogen and oxygen atoms in total. The first-order chi connectivity index (χ1) is 13.8. The molecule has 0 radical (unpaired) electrons. The van der Waals surface area contributed by atoms with Crippen molar-refractivity contribution in [3.05, 3.63) is 68.3 Å². The number of nitrogens with one attached hydrogen (secondary N) is 1. The van der Waals surface area contributed by atoms with Crippen LogP contribution in [0.15, 0.2) is 42.5 Å². The van der Waals surface area contributed by atoms with Gasteiger partial charge in [-0.15, -0.1) is 0 Å². The average molecular weight is 545 g/mol. The second-order valence-electron chi connectivity index (χ2n) is 6.17. The summed E-state index contributed by atoms with van der Waals surface area (Å²) in [6.45, 7) is 0. The molecule has 0 aliphatic rings. The molecule has 1 amide bonds. The third-order valence-electron chi connectivity index (χ3n) is 3.99. The fraction of sp³-hybridized carbons (Fsp3) is 0.263. The van der Waals surface area contributed by atoms with E-state index in [-0.39, 0.29) is 12.5 Å². The molecular formula is C19H14F6INO3. The molecule has 2 rings (SSSR count). The molecule has 162 valence electrons. The summed E-state index contributed by atoms with van der Waals surface area (Å²) >= 11 is 2.05. The van der Waals surface area contributed by atoms with E-state index in [0.29, 0.717) is 17.7 Å². The van der Waals surface area contributed by atoms with Gasteiger partial charge in [0.15, 0.2) is 0 Å². The molecule has 0 unspecified atom stereocenters. The molecular weight excluding hydrogens is 531 g/mol. The molecule has 0 spiro atoms. The van der Waals surface area contributed by atoms with Crippen LogP contribution in [0, 0.1) is 3.57 Å². The number of carbonyl (C=O) groups is 2. The van der Waals surface area contributed by atoms with Gasteiger partial charge < -0.3 is 10.1 Å². The lowest BCUT2D eigenvalue weighted by Gasteiger charge is -2.18. The van der Waals surface area contributed by atoms with Crippen molar-refractivity contribution in [2.75, 3.05) is 7.11 Å². The highest BCUT2D eigenvalue weighted by atomic mass is 127. The Hall–Kier alpha value is -2.31. The van der Waals surface area contributed by atoms with E-state index < -0.39 is 47.0 Å². The van der Waals surface area contributed by atoms with Gasteiger partial charge in [-0.1, -0.05) is 12.1 Å². The highest BCUT2D eigenvalue weighted by molar-refractivity contribution is 14.1. The monoisotopic (exact) mass is 545 g/mol. The first-order valence-electron chi connectivity index (χ1n) is 8.24. The zero-order chi connectivity index (χ0) is 22.7. The van der Waals surface area contributed by atoms with Crippen LogP contribution in [-0.2, 0) is 28.3 Å². The molecule has 0 aliphatic heterocycles. The number of hydrogen-bond acceptors (Lipinski definition) is 3. The third-order valence-corrected chi connectivity index (χ3v) is 4.71. The van der Waals surface area contributed by atoms with E-state index >= 15 is 0 Å². The predicted molar refractivity (Wildman–Crippen MR) is 103 cm³/mol. The van der Waals surface area contributed by atoms with Crippen LogP contribution >= 0.6 is 22.6 Å². The number of esters is 1. The summed E-state index contributed by atoms with van der Waals surface area (Å²) in [5.41, 5.74) is -3.54. The number of rotatable bonds is 5. The van der Waals surface area contributed by atoms with Gasteiger partial charge in [-0.25, -0.2) is 4.79 Å². The average Bonchev–Trinajstić information content (AvgIpc) is 2.66. The maximum absolute atomic E-state index is 13.0. The zero-order valence-corrected chi connectivity index (χ0v) is 17.4. The van der Waals surface area contributed by atoms with Crippen molar-refractivity contribution in [2.45, 2.75) is 24.8 Å². The van der Waals surface area contributed by atoms with Crippen LogP contribution in [0.2, 0.25) is 0 Å². The predicted octanol–water partition coefficient (Wildman–Crippen LogP) is 4.84. The Kier molecular flexibility index (Phi) is 7.37. The molecule has 0 saturated carbocycles. The minimum absolute atomic E-state index is 0.0690. The molecule has 11 heteroatoms. The van der Waals surface area contributed by atoms with Gasteiger partial charge in [0.05, 0.1) is 18.2 Å². The molecule has 2 aromatic rings. The molecule has 0 aliphatic carbocycles. The molecule has 0 aromatic heterocycles. The minimum atomic E-state index is -5.10. The number of ether oxygens (including phenoxy) is 1. The van der Waals surface area contributed by atoms with Gasteiger partial charge in [-0.3, -0.25) is 4.79 Å². The Morgan fingerprint density at radius 2 is 1.47 bits per heavy atom. The summed E-state index contributed by atoms with van der Waals surface area (Å²) in [5.74, 6) is -2.17. The van der Waals surface area contributed by atoms with E-state index in [1.165, 1.54) is 0 Å². The lowest BCUT2D eigenvalue weighted by atomic mass is 10.0. The lowest BCUT2D eigenvalue weighted by Crippen LogP contribution is -2.43. The summed E-state index contributed by atoms with van der Waals surface area (Å²) in [7, 11) is 1.04. The number of halogens is 7. The van der Waals surface area contributed by atoms with Crippen molar-refractivity contribution in [3.63, 3.8) is 0 Å². The second kappa shape index (κ2) is 9.23. The van der Waals surface area contributed by atoms with Gasteiger partial charge in [0.2, 0.25) is 0 Å². The normalized spacial score (nSPS) is 12.9. The Labute approximate surface area is 180 Å². The van der Waals surface area contributed by atoms with E-state index in [4.69, 9.17) is 0 Å². The number of alkyl halides is 6. The Morgan fingerprint density at radius 1 is 0.967 bits per heavy atom. The van der Waals surface area contributed by atoms with Gasteiger partial charge in [-0.2, -0.15) is 26.3 Å². The number of carbonyl (C=O) groups excluding carboxylic acids is 2. The van der Waals surface area contributed by atoms with Crippen LogP contribution in [0.1, 0.15) is 27.0 Å². The summed E-state index contributed by atoms with van der Waals surface area (Å²) in [6, 6.07) is 5.98. The van der Waals surface area contributed by atoms with E-state index in [1.807, 2.05) is 0 Å². The smallest absolute Gasteiger partial charge is 0.416 e. The van der Waals surface area contributed by atoms with Gasteiger partial charge >= 0.3 is 18.3 Å². The first kappa shape index (κ1) is 24.0. The molecule has 30 heavy (non-hydrogen) atoms. The number of methoxy groups -OCH3 is 1. The van der Waals surface area contributed by atoms with E-state index in [0.717, 1.165) is 10.7 Å². The van der Waals surface area contributed by atoms with Crippen LogP contribution in [0.25, 0.3) is 0 Å². The van der Waals surface area contributed by atoms with Crippen LogP contribution < -0.4 is 5.32 Å². The minimum Gasteiger partial charge on any atom is -0.467 e. The standard InChI is InChI=1S/C19H14F6INO3/c1-30-17(29)15(6-10-2-4-14(26)5-3-10)27-16(28)11-7-12(18(20,21)22)9-13(8-11)19(23,24)25/h2-5,7-9,15H,6H2,1H3,(H,27,28)/t15-/m1/s1. The van der Waals surface area contributed by atoms with Gasteiger partial charge in [0.1, 0.15) is 6.04 Å². The lowest BCUT2D eigenvalue weighted by molar-refractivity contribution is -0.144. The first-order valence-corrected chi connectivity index (χ1v) is 9.31. The Morgan fingerprint density at radius 3 is 1.90 bits per heavy atom. The topological polar surface area (TPSA) is 55.4 Å². The summed E-state index contributed by atoms with van der Waals surface area (Å²) in [5, 5.41) is 2.15. The van der Waals surface area contributed by atoms with Crippen LogP contribution in [0.3, 0.4) is 0 Å². The zero-order valence-electron chi connectivity index (χ0n) is 15.2. The fourth-order valence-corrected chi connectivity index (χ4v) is 2.88. The second-order valence-corrected chi connectivity index (χ2v) is 7.42. The summed E-state index contributed by atoms with van der Waals surface area (Å²) in [6.07, 6.45) is -10.3. The van der Waals surface area contributed by atoms with Crippen molar-refractivity contribution < 1.29 is 40.7 Å².